The number of halogens is 2. The van der Waals surface area contributed by atoms with Crippen LogP contribution in [0.4, 0.5) is 10.2 Å². The number of anilines is 1. The number of pyridine rings is 1. The Morgan fingerprint density at radius 1 is 1.56 bits per heavy atom. The molecular formula is C11H16ClFN2O. The minimum absolute atomic E-state index is 0.259. The van der Waals surface area contributed by atoms with Crippen molar-refractivity contribution < 1.29 is 9.13 Å². The van der Waals surface area contributed by atoms with Crippen LogP contribution in [0.15, 0.2) is 12.3 Å². The summed E-state index contributed by atoms with van der Waals surface area (Å²) in [5, 5.41) is 0. The van der Waals surface area contributed by atoms with E-state index in [0.717, 1.165) is 18.8 Å². The summed E-state index contributed by atoms with van der Waals surface area (Å²) in [6.45, 7) is 1.50. The maximum atomic E-state index is 12.9. The van der Waals surface area contributed by atoms with Gasteiger partial charge in [0.2, 0.25) is 0 Å². The molecule has 5 heteroatoms. The topological polar surface area (TPSA) is 25.4 Å². The first-order chi connectivity index (χ1) is 7.69. The first-order valence-corrected chi connectivity index (χ1v) is 5.63. The molecule has 1 rings (SSSR count). The van der Waals surface area contributed by atoms with E-state index in [0.29, 0.717) is 12.2 Å². The van der Waals surface area contributed by atoms with Gasteiger partial charge in [0.25, 0.3) is 0 Å². The molecule has 0 amide bonds. The molecule has 1 aromatic heterocycles. The average molecular weight is 247 g/mol. The van der Waals surface area contributed by atoms with E-state index in [1.165, 1.54) is 12.3 Å². The third-order valence-electron chi connectivity index (χ3n) is 2.26. The standard InChI is InChI=1S/C11H16ClFN2O/c1-15(4-3-5-16-2)11-9(7-12)6-10(13)8-14-11/h6,8H,3-5,7H2,1-2H3. The summed E-state index contributed by atoms with van der Waals surface area (Å²) in [6.07, 6.45) is 2.10. The van der Waals surface area contributed by atoms with Crippen molar-refractivity contribution in [3.05, 3.63) is 23.6 Å². The van der Waals surface area contributed by atoms with Crippen LogP contribution in [0.25, 0.3) is 0 Å². The number of ether oxygens (including phenoxy) is 1. The summed E-state index contributed by atoms with van der Waals surface area (Å²) in [5.74, 6) is 0.631. The summed E-state index contributed by atoms with van der Waals surface area (Å²) in [5.41, 5.74) is 0.710. The number of aromatic nitrogens is 1. The maximum Gasteiger partial charge on any atom is 0.141 e. The van der Waals surface area contributed by atoms with Crippen molar-refractivity contribution in [3.8, 4) is 0 Å². The van der Waals surface area contributed by atoms with Crippen LogP contribution in [0, 0.1) is 5.82 Å². The zero-order valence-corrected chi connectivity index (χ0v) is 10.3. The van der Waals surface area contributed by atoms with Crippen LogP contribution in [0.3, 0.4) is 0 Å². The second-order valence-corrected chi connectivity index (χ2v) is 3.81. The third kappa shape index (κ3) is 3.61. The lowest BCUT2D eigenvalue weighted by molar-refractivity contribution is 0.196. The van der Waals surface area contributed by atoms with Crippen LogP contribution >= 0.6 is 11.6 Å². The molecule has 16 heavy (non-hydrogen) atoms. The molecule has 0 aromatic carbocycles. The first-order valence-electron chi connectivity index (χ1n) is 5.09. The van der Waals surface area contributed by atoms with Gasteiger partial charge in [-0.2, -0.15) is 0 Å². The summed E-state index contributed by atoms with van der Waals surface area (Å²) in [7, 11) is 3.58. The highest BCUT2D eigenvalue weighted by Crippen LogP contribution is 2.19. The van der Waals surface area contributed by atoms with Crippen LogP contribution in [0.5, 0.6) is 0 Å². The SMILES string of the molecule is COCCCN(C)c1ncc(F)cc1CCl. The monoisotopic (exact) mass is 246 g/mol. The van der Waals surface area contributed by atoms with Gasteiger partial charge in [-0.3, -0.25) is 0 Å². The second kappa shape index (κ2) is 6.66. The number of hydrogen-bond acceptors (Lipinski definition) is 3. The lowest BCUT2D eigenvalue weighted by Crippen LogP contribution is -2.22. The van der Waals surface area contributed by atoms with E-state index in [-0.39, 0.29) is 11.7 Å². The number of alkyl halides is 1. The Hall–Kier alpha value is -0.870. The number of hydrogen-bond donors (Lipinski definition) is 0. The van der Waals surface area contributed by atoms with Gasteiger partial charge in [-0.15, -0.1) is 11.6 Å². The van der Waals surface area contributed by atoms with Gasteiger partial charge in [0.1, 0.15) is 11.6 Å². The van der Waals surface area contributed by atoms with Crippen LogP contribution < -0.4 is 4.90 Å². The van der Waals surface area contributed by atoms with Crippen molar-refractivity contribution in [3.63, 3.8) is 0 Å². The molecule has 1 aromatic rings. The van der Waals surface area contributed by atoms with Crippen molar-refractivity contribution >= 4 is 17.4 Å². The van der Waals surface area contributed by atoms with E-state index in [9.17, 15) is 4.39 Å². The van der Waals surface area contributed by atoms with Crippen LogP contribution in [0.1, 0.15) is 12.0 Å². The predicted molar refractivity (Wildman–Crippen MR) is 63.5 cm³/mol. The van der Waals surface area contributed by atoms with Gasteiger partial charge in [0.05, 0.1) is 12.1 Å². The maximum absolute atomic E-state index is 12.9. The van der Waals surface area contributed by atoms with E-state index < -0.39 is 0 Å². The van der Waals surface area contributed by atoms with E-state index in [2.05, 4.69) is 4.98 Å². The molecule has 0 saturated heterocycles. The van der Waals surface area contributed by atoms with Gasteiger partial charge in [-0.1, -0.05) is 0 Å². The zero-order valence-electron chi connectivity index (χ0n) is 9.54. The molecule has 0 aliphatic heterocycles. The van der Waals surface area contributed by atoms with E-state index in [4.69, 9.17) is 16.3 Å². The van der Waals surface area contributed by atoms with E-state index in [1.54, 1.807) is 7.11 Å². The third-order valence-corrected chi connectivity index (χ3v) is 2.54. The lowest BCUT2D eigenvalue weighted by atomic mass is 10.2. The van der Waals surface area contributed by atoms with E-state index >= 15 is 0 Å². The molecule has 0 N–H and O–H groups in total. The van der Waals surface area contributed by atoms with Crippen molar-refractivity contribution in [2.45, 2.75) is 12.3 Å². The normalized spacial score (nSPS) is 10.5. The van der Waals surface area contributed by atoms with Crippen LogP contribution in [-0.2, 0) is 10.6 Å². The molecule has 0 radical (unpaired) electrons. The van der Waals surface area contributed by atoms with Crippen LogP contribution in [0.2, 0.25) is 0 Å². The quantitative estimate of drug-likeness (QED) is 0.570. The Labute approximate surface area is 100 Å². The Kier molecular flexibility index (Phi) is 5.49. The fourth-order valence-corrected chi connectivity index (χ4v) is 1.66. The minimum Gasteiger partial charge on any atom is -0.385 e. The predicted octanol–water partition coefficient (Wildman–Crippen LogP) is 2.43. The fraction of sp³-hybridized carbons (Fsp3) is 0.545. The summed E-state index contributed by atoms with van der Waals surface area (Å²) < 4.78 is 17.9. The Morgan fingerprint density at radius 3 is 2.94 bits per heavy atom. The van der Waals surface area contributed by atoms with Crippen molar-refractivity contribution in [2.24, 2.45) is 0 Å². The average Bonchev–Trinajstić information content (AvgIpc) is 2.29. The summed E-state index contributed by atoms with van der Waals surface area (Å²) in [4.78, 5) is 6.01. The van der Waals surface area contributed by atoms with Gasteiger partial charge in [-0.25, -0.2) is 9.37 Å². The van der Waals surface area contributed by atoms with Gasteiger partial charge in [-0.05, 0) is 12.5 Å². The molecule has 0 aliphatic carbocycles. The molecule has 3 nitrogen and oxygen atoms in total. The number of rotatable bonds is 6. The Bertz CT molecular complexity index is 336. The minimum atomic E-state index is -0.357. The largest absolute Gasteiger partial charge is 0.385 e. The van der Waals surface area contributed by atoms with E-state index in [1.807, 2.05) is 11.9 Å². The fourth-order valence-electron chi connectivity index (χ4n) is 1.47. The van der Waals surface area contributed by atoms with Gasteiger partial charge < -0.3 is 9.64 Å². The van der Waals surface area contributed by atoms with Crippen molar-refractivity contribution in [2.75, 3.05) is 32.2 Å². The smallest absolute Gasteiger partial charge is 0.141 e. The van der Waals surface area contributed by atoms with Gasteiger partial charge in [0.15, 0.2) is 0 Å². The Morgan fingerprint density at radius 2 is 2.31 bits per heavy atom. The highest BCUT2D eigenvalue weighted by atomic mass is 35.5. The van der Waals surface area contributed by atoms with Crippen molar-refractivity contribution in [1.82, 2.24) is 4.98 Å². The Balaban J connectivity index is 2.70. The highest BCUT2D eigenvalue weighted by molar-refractivity contribution is 6.17. The molecule has 1 heterocycles. The molecule has 0 saturated carbocycles. The van der Waals surface area contributed by atoms with Crippen LogP contribution in [-0.4, -0.2) is 32.3 Å². The molecule has 0 bridgehead atoms. The second-order valence-electron chi connectivity index (χ2n) is 3.54. The lowest BCUT2D eigenvalue weighted by Gasteiger charge is -2.20. The van der Waals surface area contributed by atoms with Crippen molar-refractivity contribution in [1.29, 1.82) is 0 Å². The molecule has 0 fully saturated rings. The van der Waals surface area contributed by atoms with Gasteiger partial charge in [0, 0.05) is 32.9 Å². The number of nitrogens with zero attached hydrogens (tertiary/aromatic N) is 2. The number of methoxy groups -OCH3 is 1. The highest BCUT2D eigenvalue weighted by Gasteiger charge is 2.09. The molecular weight excluding hydrogens is 231 g/mol. The first kappa shape index (κ1) is 13.2. The molecule has 0 atom stereocenters. The van der Waals surface area contributed by atoms with Gasteiger partial charge >= 0.3 is 0 Å². The zero-order chi connectivity index (χ0) is 12.0. The molecule has 0 aliphatic rings. The molecule has 0 unspecified atom stereocenters. The summed E-state index contributed by atoms with van der Waals surface area (Å²) in [6, 6.07) is 1.42. The molecule has 0 spiro atoms. The summed E-state index contributed by atoms with van der Waals surface area (Å²) >= 11 is 5.75. The molecule has 90 valence electrons.